The Labute approximate surface area is 157 Å². The van der Waals surface area contributed by atoms with Gasteiger partial charge in [-0.3, -0.25) is 4.79 Å². The number of carbonyl (C=O) groups is 2. The van der Waals surface area contributed by atoms with Gasteiger partial charge in [-0.2, -0.15) is 26.3 Å². The van der Waals surface area contributed by atoms with Gasteiger partial charge in [-0.15, -0.1) is 0 Å². The predicted octanol–water partition coefficient (Wildman–Crippen LogP) is 6.06. The lowest BCUT2D eigenvalue weighted by Crippen LogP contribution is -2.19. The summed E-state index contributed by atoms with van der Waals surface area (Å²) in [4.78, 5) is 23.2. The number of hydrogen-bond donors (Lipinski definition) is 0. The molecule has 2 rings (SSSR count). The van der Waals surface area contributed by atoms with Crippen molar-refractivity contribution in [3.05, 3.63) is 62.6 Å². The lowest BCUT2D eigenvalue weighted by molar-refractivity contribution is -0.141. The number of esters is 1. The highest BCUT2D eigenvalue weighted by molar-refractivity contribution is 6.36. The maximum Gasteiger partial charge on any atom is 0.417 e. The molecule has 2 aromatic rings. The van der Waals surface area contributed by atoms with Crippen molar-refractivity contribution in [1.82, 2.24) is 0 Å². The van der Waals surface area contributed by atoms with Crippen molar-refractivity contribution in [2.24, 2.45) is 0 Å². The van der Waals surface area contributed by atoms with E-state index in [2.05, 4.69) is 4.74 Å². The largest absolute Gasteiger partial charge is 0.421 e. The van der Waals surface area contributed by atoms with Gasteiger partial charge in [-0.25, -0.2) is 4.79 Å². The molecule has 0 aromatic heterocycles. The van der Waals surface area contributed by atoms with Gasteiger partial charge in [-0.1, -0.05) is 23.2 Å². The number of ether oxygens (including phenoxy) is 1. The lowest BCUT2D eigenvalue weighted by Gasteiger charge is -2.16. The highest BCUT2D eigenvalue weighted by Gasteiger charge is 2.39. The summed E-state index contributed by atoms with van der Waals surface area (Å²) in [5.41, 5.74) is -4.89. The molecule has 2 aromatic carbocycles. The Morgan fingerprint density at radius 1 is 0.963 bits per heavy atom. The standard InChI is InChI=1S/C16H6Cl2F6O3/c17-9-3-7(6-25)13(12(18)5-9)27-14(26)10-4-8(15(19,20)21)1-2-11(10)16(22,23)24/h1-6H. The van der Waals surface area contributed by atoms with E-state index < -0.39 is 45.8 Å². The van der Waals surface area contributed by atoms with Crippen molar-refractivity contribution >= 4 is 35.5 Å². The zero-order valence-electron chi connectivity index (χ0n) is 12.7. The second-order valence-electron chi connectivity index (χ2n) is 5.07. The molecule has 27 heavy (non-hydrogen) atoms. The van der Waals surface area contributed by atoms with E-state index in [0.717, 1.165) is 12.1 Å². The molecule has 0 saturated heterocycles. The van der Waals surface area contributed by atoms with E-state index in [0.29, 0.717) is 0 Å². The van der Waals surface area contributed by atoms with E-state index in [4.69, 9.17) is 23.2 Å². The first kappa shape index (κ1) is 21.0. The number of hydrogen-bond acceptors (Lipinski definition) is 3. The predicted molar refractivity (Wildman–Crippen MR) is 83.3 cm³/mol. The van der Waals surface area contributed by atoms with Gasteiger partial charge in [0.05, 0.1) is 27.3 Å². The molecule has 0 fully saturated rings. The van der Waals surface area contributed by atoms with E-state index in [1.807, 2.05) is 0 Å². The fourth-order valence-electron chi connectivity index (χ4n) is 2.06. The summed E-state index contributed by atoms with van der Waals surface area (Å²) in [5.74, 6) is -2.41. The van der Waals surface area contributed by atoms with Gasteiger partial charge in [0.2, 0.25) is 0 Å². The van der Waals surface area contributed by atoms with Gasteiger partial charge in [0.25, 0.3) is 0 Å². The molecule has 0 aliphatic rings. The molecule has 0 saturated carbocycles. The maximum atomic E-state index is 13.1. The monoisotopic (exact) mass is 430 g/mol. The third-order valence-electron chi connectivity index (χ3n) is 3.23. The lowest BCUT2D eigenvalue weighted by atomic mass is 10.0. The van der Waals surface area contributed by atoms with Crippen LogP contribution in [0.1, 0.15) is 31.8 Å². The second kappa shape index (κ2) is 7.40. The summed E-state index contributed by atoms with van der Waals surface area (Å²) in [5, 5.41) is -0.421. The minimum absolute atomic E-state index is 0.00949. The first-order valence-corrected chi connectivity index (χ1v) is 7.55. The van der Waals surface area contributed by atoms with E-state index in [1.54, 1.807) is 0 Å². The minimum atomic E-state index is -5.13. The highest BCUT2D eigenvalue weighted by atomic mass is 35.5. The summed E-state index contributed by atoms with van der Waals surface area (Å²) in [6, 6.07) is 2.36. The Balaban J connectivity index is 2.57. The van der Waals surface area contributed by atoms with Crippen molar-refractivity contribution in [2.75, 3.05) is 0 Å². The molecular formula is C16H6Cl2F6O3. The molecule has 0 atom stereocenters. The molecule has 3 nitrogen and oxygen atoms in total. The van der Waals surface area contributed by atoms with Gasteiger partial charge in [-0.05, 0) is 30.3 Å². The van der Waals surface area contributed by atoms with Crippen LogP contribution in [0.15, 0.2) is 30.3 Å². The number of carbonyl (C=O) groups excluding carboxylic acids is 2. The number of rotatable bonds is 3. The molecule has 0 heterocycles. The molecule has 0 aliphatic heterocycles. The summed E-state index contributed by atoms with van der Waals surface area (Å²) in [7, 11) is 0. The molecule has 0 amide bonds. The number of benzene rings is 2. The SMILES string of the molecule is O=Cc1cc(Cl)cc(Cl)c1OC(=O)c1cc(C(F)(F)F)ccc1C(F)(F)F. The molecule has 0 spiro atoms. The fourth-order valence-corrected chi connectivity index (χ4v) is 2.61. The van der Waals surface area contributed by atoms with E-state index in [1.165, 1.54) is 0 Å². The molecule has 11 heteroatoms. The Hall–Kier alpha value is -2.26. The number of aldehydes is 1. The summed E-state index contributed by atoms with van der Waals surface area (Å²) < 4.78 is 82.3. The van der Waals surface area contributed by atoms with E-state index in [9.17, 15) is 35.9 Å². The summed E-state index contributed by atoms with van der Waals surface area (Å²) >= 11 is 11.4. The Morgan fingerprint density at radius 3 is 2.11 bits per heavy atom. The van der Waals surface area contributed by atoms with Crippen LogP contribution in [0, 0.1) is 0 Å². The van der Waals surface area contributed by atoms with Crippen molar-refractivity contribution in [1.29, 1.82) is 0 Å². The number of halogens is 8. The molecule has 0 radical (unpaired) electrons. The smallest absolute Gasteiger partial charge is 0.417 e. The molecular weight excluding hydrogens is 425 g/mol. The van der Waals surface area contributed by atoms with Crippen LogP contribution in [0.4, 0.5) is 26.3 Å². The zero-order chi connectivity index (χ0) is 20.6. The Bertz CT molecular complexity index is 906. The molecule has 0 aliphatic carbocycles. The maximum absolute atomic E-state index is 13.1. The van der Waals surface area contributed by atoms with Gasteiger partial charge in [0.1, 0.15) is 0 Å². The zero-order valence-corrected chi connectivity index (χ0v) is 14.2. The van der Waals surface area contributed by atoms with Crippen molar-refractivity contribution < 1.29 is 40.7 Å². The molecule has 0 unspecified atom stereocenters. The normalized spacial score (nSPS) is 12.0. The Morgan fingerprint density at radius 2 is 1.59 bits per heavy atom. The minimum Gasteiger partial charge on any atom is -0.421 e. The first-order valence-electron chi connectivity index (χ1n) is 6.79. The third kappa shape index (κ3) is 4.72. The summed E-state index contributed by atoms with van der Waals surface area (Å²) in [6.07, 6.45) is -9.96. The molecule has 0 bridgehead atoms. The Kier molecular flexibility index (Phi) is 5.77. The van der Waals surface area contributed by atoms with Crippen molar-refractivity contribution in [3.63, 3.8) is 0 Å². The van der Waals surface area contributed by atoms with E-state index >= 15 is 0 Å². The van der Waals surface area contributed by atoms with Crippen molar-refractivity contribution in [2.45, 2.75) is 12.4 Å². The van der Waals surface area contributed by atoms with Gasteiger partial charge >= 0.3 is 18.3 Å². The first-order chi connectivity index (χ1) is 12.3. The van der Waals surface area contributed by atoms with Crippen LogP contribution >= 0.6 is 23.2 Å². The average Bonchev–Trinajstić information content (AvgIpc) is 2.54. The van der Waals surface area contributed by atoms with Gasteiger partial charge in [0.15, 0.2) is 12.0 Å². The third-order valence-corrected chi connectivity index (χ3v) is 3.73. The second-order valence-corrected chi connectivity index (χ2v) is 5.91. The van der Waals surface area contributed by atoms with Crippen LogP contribution in [-0.4, -0.2) is 12.3 Å². The fraction of sp³-hybridized carbons (Fsp3) is 0.125. The van der Waals surface area contributed by atoms with Crippen LogP contribution < -0.4 is 4.74 Å². The van der Waals surface area contributed by atoms with Crippen LogP contribution in [0.3, 0.4) is 0 Å². The molecule has 144 valence electrons. The van der Waals surface area contributed by atoms with Crippen LogP contribution in [-0.2, 0) is 12.4 Å². The summed E-state index contributed by atoms with van der Waals surface area (Å²) in [6.45, 7) is 0. The number of alkyl halides is 6. The van der Waals surface area contributed by atoms with Crippen molar-refractivity contribution in [3.8, 4) is 5.75 Å². The van der Waals surface area contributed by atoms with Gasteiger partial charge < -0.3 is 4.74 Å². The average molecular weight is 431 g/mol. The molecule has 0 N–H and O–H groups in total. The van der Waals surface area contributed by atoms with E-state index in [-0.39, 0.29) is 35.1 Å². The quantitative estimate of drug-likeness (QED) is 0.257. The topological polar surface area (TPSA) is 43.4 Å². The van der Waals surface area contributed by atoms with Crippen LogP contribution in [0.2, 0.25) is 10.0 Å². The van der Waals surface area contributed by atoms with Crippen LogP contribution in [0.5, 0.6) is 5.75 Å². The van der Waals surface area contributed by atoms with Gasteiger partial charge in [0, 0.05) is 5.02 Å². The highest BCUT2D eigenvalue weighted by Crippen LogP contribution is 2.38. The van der Waals surface area contributed by atoms with Crippen LogP contribution in [0.25, 0.3) is 0 Å².